The molecule has 2 aliphatic heterocycles. The second-order valence-corrected chi connectivity index (χ2v) is 5.25. The third kappa shape index (κ3) is 2.32. The Balaban J connectivity index is 2.02. The quantitative estimate of drug-likeness (QED) is 0.748. The number of nitrogens with zero attached hydrogens (tertiary/aromatic N) is 1. The Morgan fingerprint density at radius 2 is 1.88 bits per heavy atom. The molecule has 2 fully saturated rings. The fourth-order valence-corrected chi connectivity index (χ4v) is 2.74. The zero-order chi connectivity index (χ0) is 12.5. The zero-order valence-electron chi connectivity index (χ0n) is 10.9. The average Bonchev–Trinajstić information content (AvgIpc) is 2.94. The lowest BCUT2D eigenvalue weighted by Crippen LogP contribution is -2.43. The molecule has 17 heavy (non-hydrogen) atoms. The van der Waals surface area contributed by atoms with Crippen molar-refractivity contribution in [2.24, 2.45) is 5.41 Å². The van der Waals surface area contributed by atoms with Crippen molar-refractivity contribution in [2.75, 3.05) is 40.4 Å². The highest BCUT2D eigenvalue weighted by molar-refractivity contribution is 5.83. The highest BCUT2D eigenvalue weighted by atomic mass is 16.5. The van der Waals surface area contributed by atoms with Gasteiger partial charge in [0.1, 0.15) is 12.2 Å². The highest BCUT2D eigenvalue weighted by Gasteiger charge is 2.44. The summed E-state index contributed by atoms with van der Waals surface area (Å²) in [6, 6.07) is 0. The summed E-state index contributed by atoms with van der Waals surface area (Å²) in [5.74, 6) is 0.226. The summed E-state index contributed by atoms with van der Waals surface area (Å²) < 4.78 is 10.7. The zero-order valence-corrected chi connectivity index (χ0v) is 10.9. The third-order valence-electron chi connectivity index (χ3n) is 3.99. The average molecular weight is 242 g/mol. The first-order valence-electron chi connectivity index (χ1n) is 6.16. The van der Waals surface area contributed by atoms with Gasteiger partial charge in [-0.1, -0.05) is 0 Å². The Kier molecular flexibility index (Phi) is 3.70. The van der Waals surface area contributed by atoms with Gasteiger partial charge in [0.2, 0.25) is 5.91 Å². The molecule has 3 atom stereocenters. The predicted octanol–water partition coefficient (Wildman–Crippen LogP) is -0.142. The van der Waals surface area contributed by atoms with Gasteiger partial charge in [0, 0.05) is 33.9 Å². The summed E-state index contributed by atoms with van der Waals surface area (Å²) in [5.41, 5.74) is -0.249. The topological polar surface area (TPSA) is 50.8 Å². The first kappa shape index (κ1) is 12.8. The molecule has 0 aromatic heterocycles. The number of nitrogens with one attached hydrogen (secondary N) is 1. The Labute approximate surface area is 102 Å². The number of carbonyl (C=O) groups excluding carboxylic acids is 1. The van der Waals surface area contributed by atoms with Crippen LogP contribution in [-0.4, -0.2) is 63.4 Å². The van der Waals surface area contributed by atoms with Gasteiger partial charge >= 0.3 is 0 Å². The van der Waals surface area contributed by atoms with Crippen molar-refractivity contribution in [3.05, 3.63) is 0 Å². The van der Waals surface area contributed by atoms with Crippen molar-refractivity contribution in [1.82, 2.24) is 10.2 Å². The van der Waals surface area contributed by atoms with E-state index in [2.05, 4.69) is 5.32 Å². The van der Waals surface area contributed by atoms with E-state index in [1.165, 1.54) is 0 Å². The van der Waals surface area contributed by atoms with E-state index in [4.69, 9.17) is 9.47 Å². The number of methoxy groups -OCH3 is 2. The molecule has 0 aliphatic carbocycles. The van der Waals surface area contributed by atoms with Gasteiger partial charge in [-0.25, -0.2) is 0 Å². The summed E-state index contributed by atoms with van der Waals surface area (Å²) in [7, 11) is 3.34. The lowest BCUT2D eigenvalue weighted by atomic mass is 9.88. The van der Waals surface area contributed by atoms with Crippen LogP contribution in [0.3, 0.4) is 0 Å². The summed E-state index contributed by atoms with van der Waals surface area (Å²) >= 11 is 0. The predicted molar refractivity (Wildman–Crippen MR) is 63.8 cm³/mol. The third-order valence-corrected chi connectivity index (χ3v) is 3.99. The largest absolute Gasteiger partial charge is 0.377 e. The molecule has 0 aromatic rings. The van der Waals surface area contributed by atoms with E-state index in [1.807, 2.05) is 11.8 Å². The summed E-state index contributed by atoms with van der Waals surface area (Å²) in [4.78, 5) is 14.4. The molecule has 0 spiro atoms. The van der Waals surface area contributed by atoms with Gasteiger partial charge in [0.25, 0.3) is 0 Å². The van der Waals surface area contributed by atoms with E-state index in [-0.39, 0.29) is 23.5 Å². The maximum atomic E-state index is 12.5. The molecule has 2 aliphatic rings. The second-order valence-electron chi connectivity index (χ2n) is 5.25. The molecular weight excluding hydrogens is 220 g/mol. The van der Waals surface area contributed by atoms with Crippen LogP contribution < -0.4 is 5.32 Å². The van der Waals surface area contributed by atoms with Crippen LogP contribution in [0.15, 0.2) is 0 Å². The monoisotopic (exact) mass is 242 g/mol. The minimum atomic E-state index is -0.249. The molecule has 0 aromatic carbocycles. The molecule has 0 saturated carbocycles. The lowest BCUT2D eigenvalue weighted by Gasteiger charge is -2.27. The fraction of sp³-hybridized carbons (Fsp3) is 0.917. The fourth-order valence-electron chi connectivity index (χ4n) is 2.74. The number of likely N-dealkylation sites (tertiary alicyclic amines) is 1. The van der Waals surface area contributed by atoms with Crippen molar-refractivity contribution in [3.8, 4) is 0 Å². The SMILES string of the molecule is COC1CN(C(=O)C2(C)CCNC2)CC1OC. The minimum Gasteiger partial charge on any atom is -0.377 e. The molecule has 2 rings (SSSR count). The number of hydrogen-bond acceptors (Lipinski definition) is 4. The van der Waals surface area contributed by atoms with E-state index in [0.717, 1.165) is 19.5 Å². The van der Waals surface area contributed by atoms with E-state index < -0.39 is 0 Å². The van der Waals surface area contributed by atoms with Crippen molar-refractivity contribution in [3.63, 3.8) is 0 Å². The summed E-state index contributed by atoms with van der Waals surface area (Å²) in [6.45, 7) is 5.03. The van der Waals surface area contributed by atoms with E-state index in [1.54, 1.807) is 14.2 Å². The van der Waals surface area contributed by atoms with Crippen LogP contribution in [0, 0.1) is 5.41 Å². The molecule has 2 saturated heterocycles. The van der Waals surface area contributed by atoms with Gasteiger partial charge in [-0.3, -0.25) is 4.79 Å². The maximum Gasteiger partial charge on any atom is 0.230 e. The van der Waals surface area contributed by atoms with Gasteiger partial charge < -0.3 is 19.7 Å². The molecule has 2 heterocycles. The first-order valence-corrected chi connectivity index (χ1v) is 6.16. The van der Waals surface area contributed by atoms with Crippen LogP contribution in [-0.2, 0) is 14.3 Å². The van der Waals surface area contributed by atoms with Crippen molar-refractivity contribution < 1.29 is 14.3 Å². The second kappa shape index (κ2) is 4.92. The number of carbonyl (C=O) groups is 1. The molecular formula is C12H22N2O3. The Morgan fingerprint density at radius 1 is 1.29 bits per heavy atom. The van der Waals surface area contributed by atoms with Crippen LogP contribution in [0.4, 0.5) is 0 Å². The van der Waals surface area contributed by atoms with Gasteiger partial charge in [-0.05, 0) is 19.9 Å². The Morgan fingerprint density at radius 3 is 2.29 bits per heavy atom. The Hall–Kier alpha value is -0.650. The normalized spacial score (nSPS) is 37.7. The van der Waals surface area contributed by atoms with Crippen molar-refractivity contribution >= 4 is 5.91 Å². The van der Waals surface area contributed by atoms with Gasteiger partial charge in [-0.2, -0.15) is 0 Å². The molecule has 1 amide bonds. The van der Waals surface area contributed by atoms with Crippen LogP contribution in [0.2, 0.25) is 0 Å². The first-order chi connectivity index (χ1) is 8.10. The molecule has 98 valence electrons. The smallest absolute Gasteiger partial charge is 0.230 e. The summed E-state index contributed by atoms with van der Waals surface area (Å²) in [5, 5.41) is 3.26. The van der Waals surface area contributed by atoms with Crippen molar-refractivity contribution in [2.45, 2.75) is 25.6 Å². The lowest BCUT2D eigenvalue weighted by molar-refractivity contribution is -0.139. The molecule has 5 heteroatoms. The highest BCUT2D eigenvalue weighted by Crippen LogP contribution is 2.29. The van der Waals surface area contributed by atoms with E-state index in [0.29, 0.717) is 13.1 Å². The molecule has 1 N–H and O–H groups in total. The molecule has 0 radical (unpaired) electrons. The Bertz CT molecular complexity index is 277. The number of hydrogen-bond donors (Lipinski definition) is 1. The van der Waals surface area contributed by atoms with Gasteiger partial charge in [-0.15, -0.1) is 0 Å². The van der Waals surface area contributed by atoms with Crippen LogP contribution in [0.1, 0.15) is 13.3 Å². The molecule has 3 unspecified atom stereocenters. The standard InChI is InChI=1S/C12H22N2O3/c1-12(4-5-13-8-12)11(15)14-6-9(16-2)10(7-14)17-3/h9-10,13H,4-8H2,1-3H3. The van der Waals surface area contributed by atoms with E-state index in [9.17, 15) is 4.79 Å². The van der Waals surface area contributed by atoms with Crippen LogP contribution in [0.5, 0.6) is 0 Å². The van der Waals surface area contributed by atoms with Gasteiger partial charge in [0.05, 0.1) is 5.41 Å². The van der Waals surface area contributed by atoms with E-state index >= 15 is 0 Å². The summed E-state index contributed by atoms with van der Waals surface area (Å²) in [6.07, 6.45) is 0.918. The molecule has 5 nitrogen and oxygen atoms in total. The minimum absolute atomic E-state index is 0.00177. The van der Waals surface area contributed by atoms with Crippen LogP contribution in [0.25, 0.3) is 0 Å². The van der Waals surface area contributed by atoms with Crippen LogP contribution >= 0.6 is 0 Å². The van der Waals surface area contributed by atoms with Gasteiger partial charge in [0.15, 0.2) is 0 Å². The maximum absolute atomic E-state index is 12.5. The number of amides is 1. The molecule has 0 bridgehead atoms. The van der Waals surface area contributed by atoms with Crippen molar-refractivity contribution in [1.29, 1.82) is 0 Å². The number of ether oxygens (including phenoxy) is 2. The number of rotatable bonds is 3.